The van der Waals surface area contributed by atoms with Gasteiger partial charge in [-0.25, -0.2) is 0 Å². The van der Waals surface area contributed by atoms with Crippen molar-refractivity contribution in [2.75, 3.05) is 33.4 Å². The van der Waals surface area contributed by atoms with Crippen LogP contribution in [0.2, 0.25) is 0 Å². The summed E-state index contributed by atoms with van der Waals surface area (Å²) in [5.74, 6) is -2.38. The molecule has 3 rings (SSSR count). The topological polar surface area (TPSA) is 88.2 Å². The summed E-state index contributed by atoms with van der Waals surface area (Å²) in [4.78, 5) is 37.3. The van der Waals surface area contributed by atoms with E-state index in [-0.39, 0.29) is 18.2 Å². The van der Waals surface area contributed by atoms with E-state index in [1.807, 2.05) is 0 Å². The molecule has 1 atom stereocenters. The molecule has 0 aromatic carbocycles. The lowest BCUT2D eigenvalue weighted by molar-refractivity contribution is -0.187. The summed E-state index contributed by atoms with van der Waals surface area (Å²) in [6, 6.07) is 0. The van der Waals surface area contributed by atoms with Gasteiger partial charge in [0.2, 0.25) is 5.91 Å². The van der Waals surface area contributed by atoms with Crippen LogP contribution in [-0.2, 0) is 23.9 Å². The number of rotatable bonds is 2. The summed E-state index contributed by atoms with van der Waals surface area (Å²) in [6.45, 7) is 2.24. The van der Waals surface area contributed by atoms with Gasteiger partial charge < -0.3 is 14.4 Å². The van der Waals surface area contributed by atoms with Crippen LogP contribution in [0.4, 0.5) is 0 Å². The van der Waals surface area contributed by atoms with E-state index in [1.165, 1.54) is 7.05 Å². The molecule has 3 fully saturated rings. The summed E-state index contributed by atoms with van der Waals surface area (Å²) in [7, 11) is 1.48. The Morgan fingerprint density at radius 1 is 1.29 bits per heavy atom. The van der Waals surface area contributed by atoms with Crippen LogP contribution in [0.15, 0.2) is 0 Å². The molecular formula is C13H19N3O5. The highest BCUT2D eigenvalue weighted by Gasteiger charge is 2.43. The van der Waals surface area contributed by atoms with Crippen molar-refractivity contribution in [2.24, 2.45) is 5.92 Å². The first-order chi connectivity index (χ1) is 10.0. The molecule has 21 heavy (non-hydrogen) atoms. The van der Waals surface area contributed by atoms with E-state index in [9.17, 15) is 14.4 Å². The molecule has 0 saturated carbocycles. The molecule has 3 aliphatic rings. The highest BCUT2D eigenvalue weighted by atomic mass is 16.7. The fourth-order valence-corrected chi connectivity index (χ4v) is 3.01. The zero-order chi connectivity index (χ0) is 15.0. The zero-order valence-electron chi connectivity index (χ0n) is 12.0. The van der Waals surface area contributed by atoms with E-state index < -0.39 is 17.6 Å². The largest absolute Gasteiger partial charge is 0.347 e. The number of likely N-dealkylation sites (tertiary alicyclic amines) is 1. The van der Waals surface area contributed by atoms with Crippen molar-refractivity contribution < 1.29 is 23.9 Å². The number of piperidine rings is 1. The van der Waals surface area contributed by atoms with E-state index in [1.54, 1.807) is 4.90 Å². The Morgan fingerprint density at radius 3 is 2.43 bits per heavy atom. The van der Waals surface area contributed by atoms with Gasteiger partial charge in [0.05, 0.1) is 13.2 Å². The van der Waals surface area contributed by atoms with Crippen molar-refractivity contribution in [3.8, 4) is 0 Å². The molecule has 8 nitrogen and oxygen atoms in total. The van der Waals surface area contributed by atoms with Gasteiger partial charge in [0.15, 0.2) is 5.79 Å². The highest BCUT2D eigenvalue weighted by Crippen LogP contribution is 2.31. The van der Waals surface area contributed by atoms with Gasteiger partial charge >= 0.3 is 0 Å². The number of carbonyl (C=O) groups excluding carboxylic acids is 3. The van der Waals surface area contributed by atoms with Crippen LogP contribution >= 0.6 is 0 Å². The maximum Gasteiger partial charge on any atom is 0.253 e. The molecule has 1 N–H and O–H groups in total. The number of hydrogen-bond donors (Lipinski definition) is 1. The van der Waals surface area contributed by atoms with Crippen molar-refractivity contribution in [3.05, 3.63) is 0 Å². The van der Waals surface area contributed by atoms with Gasteiger partial charge in [-0.15, -0.1) is 0 Å². The Kier molecular flexibility index (Phi) is 3.58. The SMILES string of the molecule is CN1NC(=O)C(CC(=O)N2CCC3(CC2)OCCO3)C1=O. The molecule has 3 saturated heterocycles. The predicted molar refractivity (Wildman–Crippen MR) is 69.5 cm³/mol. The van der Waals surface area contributed by atoms with E-state index in [2.05, 4.69) is 5.43 Å². The molecule has 0 aromatic heterocycles. The van der Waals surface area contributed by atoms with Gasteiger partial charge in [-0.05, 0) is 0 Å². The molecular weight excluding hydrogens is 278 g/mol. The third-order valence-electron chi connectivity index (χ3n) is 4.29. The summed E-state index contributed by atoms with van der Waals surface area (Å²) >= 11 is 0. The Balaban J connectivity index is 1.55. The van der Waals surface area contributed by atoms with Crippen LogP contribution in [0.5, 0.6) is 0 Å². The van der Waals surface area contributed by atoms with Crippen LogP contribution in [0, 0.1) is 5.92 Å². The average Bonchev–Trinajstić information content (AvgIpc) is 3.00. The normalized spacial score (nSPS) is 28.3. The van der Waals surface area contributed by atoms with E-state index in [4.69, 9.17) is 9.47 Å². The summed E-state index contributed by atoms with van der Waals surface area (Å²) in [5, 5.41) is 1.13. The first-order valence-corrected chi connectivity index (χ1v) is 7.14. The molecule has 0 aliphatic carbocycles. The van der Waals surface area contributed by atoms with Gasteiger partial charge in [0.1, 0.15) is 5.92 Å². The van der Waals surface area contributed by atoms with E-state index in [0.717, 1.165) is 5.01 Å². The molecule has 1 spiro atoms. The van der Waals surface area contributed by atoms with Crippen LogP contribution in [0.25, 0.3) is 0 Å². The fourth-order valence-electron chi connectivity index (χ4n) is 3.01. The van der Waals surface area contributed by atoms with Crippen LogP contribution < -0.4 is 5.43 Å². The van der Waals surface area contributed by atoms with Crippen molar-refractivity contribution in [1.29, 1.82) is 0 Å². The van der Waals surface area contributed by atoms with Gasteiger partial charge in [-0.2, -0.15) is 0 Å². The summed E-state index contributed by atoms with van der Waals surface area (Å²) in [5.41, 5.74) is 2.40. The van der Waals surface area contributed by atoms with Gasteiger partial charge in [-0.3, -0.25) is 24.8 Å². The molecule has 3 amide bonds. The van der Waals surface area contributed by atoms with E-state index >= 15 is 0 Å². The zero-order valence-corrected chi connectivity index (χ0v) is 12.0. The third-order valence-corrected chi connectivity index (χ3v) is 4.29. The predicted octanol–water partition coefficient (Wildman–Crippen LogP) is -1.14. The van der Waals surface area contributed by atoms with Crippen molar-refractivity contribution in [3.63, 3.8) is 0 Å². The second-order valence-corrected chi connectivity index (χ2v) is 5.62. The van der Waals surface area contributed by atoms with Crippen LogP contribution in [-0.4, -0.2) is 66.8 Å². The molecule has 3 heterocycles. The van der Waals surface area contributed by atoms with Crippen molar-refractivity contribution >= 4 is 17.7 Å². The van der Waals surface area contributed by atoms with Crippen LogP contribution in [0.3, 0.4) is 0 Å². The van der Waals surface area contributed by atoms with Gasteiger partial charge in [0.25, 0.3) is 11.8 Å². The second kappa shape index (κ2) is 5.27. The summed E-state index contributed by atoms with van der Waals surface area (Å²) in [6.07, 6.45) is 1.18. The smallest absolute Gasteiger partial charge is 0.253 e. The molecule has 0 bridgehead atoms. The Morgan fingerprint density at radius 2 is 1.90 bits per heavy atom. The number of ether oxygens (including phenoxy) is 2. The maximum atomic E-state index is 12.2. The number of hydrazine groups is 1. The molecule has 1 unspecified atom stereocenters. The quantitative estimate of drug-likeness (QED) is 0.651. The van der Waals surface area contributed by atoms with E-state index in [0.29, 0.717) is 39.1 Å². The molecule has 0 aromatic rings. The Hall–Kier alpha value is -1.67. The first-order valence-electron chi connectivity index (χ1n) is 7.14. The minimum Gasteiger partial charge on any atom is -0.347 e. The lowest BCUT2D eigenvalue weighted by Gasteiger charge is -2.37. The minimum atomic E-state index is -0.905. The molecule has 116 valence electrons. The number of nitrogens with zero attached hydrogens (tertiary/aromatic N) is 2. The lowest BCUT2D eigenvalue weighted by atomic mass is 10.0. The minimum absolute atomic E-state index is 0.0796. The lowest BCUT2D eigenvalue weighted by Crippen LogP contribution is -2.48. The third kappa shape index (κ3) is 2.60. The standard InChI is InChI=1S/C13H19N3O5/c1-15-12(19)9(11(18)14-15)8-10(17)16-4-2-13(3-5-16)20-6-7-21-13/h9H,2-8H2,1H3,(H,14,18). The average molecular weight is 297 g/mol. The molecule has 0 radical (unpaired) electrons. The van der Waals surface area contributed by atoms with Crippen molar-refractivity contribution in [1.82, 2.24) is 15.3 Å². The monoisotopic (exact) mass is 297 g/mol. The first kappa shape index (κ1) is 14.3. The number of nitrogens with one attached hydrogen (secondary N) is 1. The number of amides is 3. The van der Waals surface area contributed by atoms with Crippen molar-refractivity contribution in [2.45, 2.75) is 25.0 Å². The highest BCUT2D eigenvalue weighted by molar-refractivity contribution is 6.07. The Labute approximate surface area is 122 Å². The van der Waals surface area contributed by atoms with Crippen LogP contribution in [0.1, 0.15) is 19.3 Å². The molecule has 8 heteroatoms. The Bertz CT molecular complexity index is 464. The fraction of sp³-hybridized carbons (Fsp3) is 0.769. The summed E-state index contributed by atoms with van der Waals surface area (Å²) < 4.78 is 11.2. The maximum absolute atomic E-state index is 12.2. The van der Waals surface area contributed by atoms with Gasteiger partial charge in [-0.1, -0.05) is 0 Å². The molecule has 3 aliphatic heterocycles. The van der Waals surface area contributed by atoms with Gasteiger partial charge in [0, 0.05) is 39.4 Å². The number of hydrogen-bond acceptors (Lipinski definition) is 5. The number of carbonyl (C=O) groups is 3. The second-order valence-electron chi connectivity index (χ2n) is 5.62.